The Morgan fingerprint density at radius 3 is 2.43 bits per heavy atom. The van der Waals surface area contributed by atoms with Crippen LogP contribution in [0, 0.1) is 6.92 Å². The molecule has 23 heavy (non-hydrogen) atoms. The lowest BCUT2D eigenvalue weighted by Gasteiger charge is -2.11. The highest BCUT2D eigenvalue weighted by atomic mass is 16.2. The minimum absolute atomic E-state index is 0.0153. The molecule has 0 saturated carbocycles. The third-order valence-corrected chi connectivity index (χ3v) is 3.61. The number of carbonyl (C=O) groups excluding carboxylic acids is 1. The van der Waals surface area contributed by atoms with Gasteiger partial charge in [-0.15, -0.1) is 0 Å². The first-order chi connectivity index (χ1) is 11.2. The molecule has 0 spiro atoms. The number of hydrogen-bond donors (Lipinski definition) is 2. The Hall–Kier alpha value is -2.39. The van der Waals surface area contributed by atoms with Gasteiger partial charge in [0, 0.05) is 30.5 Å². The largest absolute Gasteiger partial charge is 0.396 e. The lowest BCUT2D eigenvalue weighted by molar-refractivity contribution is 0.104. The number of ketones is 1. The maximum Gasteiger partial charge on any atom is 0.187 e. The summed E-state index contributed by atoms with van der Waals surface area (Å²) in [5.74, 6) is -0.0153. The fourth-order valence-corrected chi connectivity index (χ4v) is 2.25. The van der Waals surface area contributed by atoms with E-state index in [0.717, 1.165) is 16.8 Å². The summed E-state index contributed by atoms with van der Waals surface area (Å²) in [7, 11) is 0. The van der Waals surface area contributed by atoms with Gasteiger partial charge in [-0.05, 0) is 25.3 Å². The van der Waals surface area contributed by atoms with Crippen molar-refractivity contribution in [3.05, 3.63) is 83.1 Å². The second-order valence-corrected chi connectivity index (χ2v) is 5.57. The van der Waals surface area contributed by atoms with Crippen LogP contribution in [0.2, 0.25) is 0 Å². The second-order valence-electron chi connectivity index (χ2n) is 5.57. The first-order valence-electron chi connectivity index (χ1n) is 7.89. The average molecular weight is 309 g/mol. The van der Waals surface area contributed by atoms with E-state index in [0.29, 0.717) is 24.9 Å². The Labute approximate surface area is 137 Å². The molecular formula is C20H23NO2. The summed E-state index contributed by atoms with van der Waals surface area (Å²) < 4.78 is 0. The molecule has 2 N–H and O–H groups in total. The second kappa shape index (κ2) is 8.91. The molecule has 0 aliphatic carbocycles. The van der Waals surface area contributed by atoms with Gasteiger partial charge in [-0.1, -0.05) is 60.2 Å². The highest BCUT2D eigenvalue weighted by molar-refractivity contribution is 6.04. The molecule has 120 valence electrons. The van der Waals surface area contributed by atoms with Crippen LogP contribution in [0.15, 0.2) is 66.4 Å². The number of rotatable bonds is 8. The minimum atomic E-state index is -0.0153. The van der Waals surface area contributed by atoms with E-state index in [2.05, 4.69) is 5.32 Å². The molecule has 0 saturated heterocycles. The van der Waals surface area contributed by atoms with E-state index < -0.39 is 0 Å². The Morgan fingerprint density at radius 1 is 1.09 bits per heavy atom. The zero-order valence-electron chi connectivity index (χ0n) is 13.5. The topological polar surface area (TPSA) is 49.3 Å². The van der Waals surface area contributed by atoms with Gasteiger partial charge in [0.2, 0.25) is 0 Å². The van der Waals surface area contributed by atoms with Gasteiger partial charge >= 0.3 is 0 Å². The van der Waals surface area contributed by atoms with Crippen LogP contribution >= 0.6 is 0 Å². The van der Waals surface area contributed by atoms with Crippen LogP contribution in [-0.2, 0) is 6.54 Å². The lowest BCUT2D eigenvalue weighted by atomic mass is 10.1. The van der Waals surface area contributed by atoms with E-state index >= 15 is 0 Å². The van der Waals surface area contributed by atoms with Crippen LogP contribution in [-0.4, -0.2) is 17.5 Å². The van der Waals surface area contributed by atoms with Gasteiger partial charge in [-0.3, -0.25) is 4.79 Å². The highest BCUT2D eigenvalue weighted by Crippen LogP contribution is 2.09. The van der Waals surface area contributed by atoms with Crippen LogP contribution in [0.1, 0.15) is 34.3 Å². The molecule has 3 heteroatoms. The normalized spacial score (nSPS) is 11.3. The molecular weight excluding hydrogens is 286 g/mol. The summed E-state index contributed by atoms with van der Waals surface area (Å²) >= 11 is 0. The first-order valence-corrected chi connectivity index (χ1v) is 7.89. The predicted molar refractivity (Wildman–Crippen MR) is 93.2 cm³/mol. The lowest BCUT2D eigenvalue weighted by Crippen LogP contribution is -2.15. The molecule has 0 heterocycles. The zero-order chi connectivity index (χ0) is 16.5. The Morgan fingerprint density at radius 2 is 1.78 bits per heavy atom. The number of aliphatic hydroxyl groups excluding tert-OH is 1. The Balaban J connectivity index is 2.06. The Bertz CT molecular complexity index is 645. The number of benzene rings is 2. The van der Waals surface area contributed by atoms with E-state index in [-0.39, 0.29) is 12.4 Å². The zero-order valence-corrected chi connectivity index (χ0v) is 13.5. The van der Waals surface area contributed by atoms with Crippen LogP contribution in [0.3, 0.4) is 0 Å². The van der Waals surface area contributed by atoms with Gasteiger partial charge in [0.1, 0.15) is 0 Å². The highest BCUT2D eigenvalue weighted by Gasteiger charge is 2.05. The van der Waals surface area contributed by atoms with Crippen LogP contribution in [0.25, 0.3) is 0 Å². The van der Waals surface area contributed by atoms with E-state index in [1.54, 1.807) is 6.08 Å². The van der Waals surface area contributed by atoms with E-state index in [9.17, 15) is 4.79 Å². The molecule has 0 fully saturated rings. The molecule has 0 aliphatic heterocycles. The standard InChI is InChI=1S/C20H23NO2/c1-16-9-11-18(12-10-16)20(23)14-19(8-5-13-22)21-15-17-6-3-2-4-7-17/h2-4,6-7,9-12,14,21-22H,5,8,13,15H2,1H3/b19-14+. The maximum absolute atomic E-state index is 12.4. The van der Waals surface area contributed by atoms with Crippen molar-refractivity contribution in [1.29, 1.82) is 0 Å². The number of aryl methyl sites for hydroxylation is 1. The van der Waals surface area contributed by atoms with Crippen molar-refractivity contribution in [2.45, 2.75) is 26.3 Å². The van der Waals surface area contributed by atoms with Crippen LogP contribution < -0.4 is 5.32 Å². The molecule has 2 rings (SSSR count). The molecule has 3 nitrogen and oxygen atoms in total. The summed E-state index contributed by atoms with van der Waals surface area (Å²) in [6.45, 7) is 2.78. The van der Waals surface area contributed by atoms with E-state index in [1.165, 1.54) is 0 Å². The first kappa shape index (κ1) is 17.0. The van der Waals surface area contributed by atoms with Gasteiger partial charge in [0.15, 0.2) is 5.78 Å². The third-order valence-electron chi connectivity index (χ3n) is 3.61. The molecule has 0 aromatic heterocycles. The predicted octanol–water partition coefficient (Wildman–Crippen LogP) is 3.62. The van der Waals surface area contributed by atoms with Crippen LogP contribution in [0.4, 0.5) is 0 Å². The fraction of sp³-hybridized carbons (Fsp3) is 0.250. The van der Waals surface area contributed by atoms with E-state index in [1.807, 2.05) is 61.5 Å². The monoisotopic (exact) mass is 309 g/mol. The van der Waals surface area contributed by atoms with Crippen molar-refractivity contribution in [3.8, 4) is 0 Å². The van der Waals surface area contributed by atoms with Crippen LogP contribution in [0.5, 0.6) is 0 Å². The molecule has 0 unspecified atom stereocenters. The van der Waals surface area contributed by atoms with E-state index in [4.69, 9.17) is 5.11 Å². The average Bonchev–Trinajstić information content (AvgIpc) is 2.58. The summed E-state index contributed by atoms with van der Waals surface area (Å²) in [5.41, 5.74) is 3.82. The molecule has 0 bridgehead atoms. The van der Waals surface area contributed by atoms with Gasteiger partial charge in [0.25, 0.3) is 0 Å². The van der Waals surface area contributed by atoms with Crippen molar-refractivity contribution >= 4 is 5.78 Å². The summed E-state index contributed by atoms with van der Waals surface area (Å²) in [5, 5.41) is 12.4. The molecule has 0 aliphatic rings. The van der Waals surface area contributed by atoms with Crippen molar-refractivity contribution in [3.63, 3.8) is 0 Å². The number of carbonyl (C=O) groups is 1. The van der Waals surface area contributed by atoms with Crippen molar-refractivity contribution in [1.82, 2.24) is 5.32 Å². The summed E-state index contributed by atoms with van der Waals surface area (Å²) in [4.78, 5) is 12.4. The maximum atomic E-state index is 12.4. The smallest absolute Gasteiger partial charge is 0.187 e. The van der Waals surface area contributed by atoms with Crippen molar-refractivity contribution < 1.29 is 9.90 Å². The molecule has 0 atom stereocenters. The SMILES string of the molecule is Cc1ccc(C(=O)/C=C(\CCCO)NCc2ccccc2)cc1. The third kappa shape index (κ3) is 5.72. The van der Waals surface area contributed by atoms with Gasteiger partial charge in [0.05, 0.1) is 0 Å². The van der Waals surface area contributed by atoms with Gasteiger partial charge in [-0.25, -0.2) is 0 Å². The molecule has 2 aromatic rings. The molecule has 0 amide bonds. The van der Waals surface area contributed by atoms with Gasteiger partial charge < -0.3 is 10.4 Å². The van der Waals surface area contributed by atoms with Gasteiger partial charge in [-0.2, -0.15) is 0 Å². The number of allylic oxidation sites excluding steroid dienone is 2. The van der Waals surface area contributed by atoms with Crippen molar-refractivity contribution in [2.24, 2.45) is 0 Å². The summed E-state index contributed by atoms with van der Waals surface area (Å²) in [6.07, 6.45) is 2.93. The number of hydrogen-bond acceptors (Lipinski definition) is 3. The molecule has 0 radical (unpaired) electrons. The summed E-state index contributed by atoms with van der Waals surface area (Å²) in [6, 6.07) is 17.6. The minimum Gasteiger partial charge on any atom is -0.396 e. The van der Waals surface area contributed by atoms with Crippen molar-refractivity contribution in [2.75, 3.05) is 6.61 Å². The Kier molecular flexibility index (Phi) is 6.57. The number of aliphatic hydroxyl groups is 1. The molecule has 2 aromatic carbocycles. The fourth-order valence-electron chi connectivity index (χ4n) is 2.25. The number of nitrogens with one attached hydrogen (secondary N) is 1. The quantitative estimate of drug-likeness (QED) is 0.578.